The maximum atomic E-state index is 12.6. The first-order valence-corrected chi connectivity index (χ1v) is 8.50. The molecule has 1 aromatic rings. The summed E-state index contributed by atoms with van der Waals surface area (Å²) in [6.45, 7) is 3.17. The van der Waals surface area contributed by atoms with Gasteiger partial charge in [-0.05, 0) is 36.6 Å². The molecule has 0 aliphatic carbocycles. The van der Waals surface area contributed by atoms with Crippen LogP contribution in [0.2, 0.25) is 0 Å². The molecular formula is C18H26ClN3O3. The number of halogens is 1. The molecular weight excluding hydrogens is 342 g/mol. The summed E-state index contributed by atoms with van der Waals surface area (Å²) in [7, 11) is 1.63. The second-order valence-electron chi connectivity index (χ2n) is 6.70. The van der Waals surface area contributed by atoms with Crippen LogP contribution in [0.25, 0.3) is 0 Å². The second kappa shape index (κ2) is 8.54. The summed E-state index contributed by atoms with van der Waals surface area (Å²) < 4.78 is 5.14. The van der Waals surface area contributed by atoms with Crippen molar-refractivity contribution in [3.8, 4) is 5.75 Å². The van der Waals surface area contributed by atoms with E-state index in [1.807, 2.05) is 29.2 Å². The van der Waals surface area contributed by atoms with Gasteiger partial charge in [-0.2, -0.15) is 0 Å². The summed E-state index contributed by atoms with van der Waals surface area (Å²) in [4.78, 5) is 28.5. The van der Waals surface area contributed by atoms with Crippen molar-refractivity contribution in [2.24, 2.45) is 17.6 Å². The number of methoxy groups -OCH3 is 1. The average Bonchev–Trinajstić information content (AvgIpc) is 3.22. The maximum absolute atomic E-state index is 12.6. The molecule has 2 atom stereocenters. The first-order chi connectivity index (χ1) is 11.6. The van der Waals surface area contributed by atoms with Crippen LogP contribution in [0, 0.1) is 11.8 Å². The Morgan fingerprint density at radius 3 is 2.60 bits per heavy atom. The molecule has 2 heterocycles. The van der Waals surface area contributed by atoms with Crippen LogP contribution in [0.5, 0.6) is 5.75 Å². The van der Waals surface area contributed by atoms with E-state index in [0.717, 1.165) is 30.8 Å². The van der Waals surface area contributed by atoms with Crippen LogP contribution in [-0.4, -0.2) is 54.9 Å². The standard InChI is InChI=1S/C18H25N3O3.ClH/c1-24-16-4-2-13(3-5-16)10-21-12-15(8-17(21)22)18(23)20-7-6-14(9-19)11-20;/h2-5,14-15H,6-12,19H2,1H3;1H. The van der Waals surface area contributed by atoms with Gasteiger partial charge < -0.3 is 20.3 Å². The number of benzene rings is 1. The zero-order valence-corrected chi connectivity index (χ0v) is 15.3. The van der Waals surface area contributed by atoms with Gasteiger partial charge in [0.2, 0.25) is 11.8 Å². The Balaban J connectivity index is 0.00000225. The van der Waals surface area contributed by atoms with Crippen LogP contribution in [0.3, 0.4) is 0 Å². The van der Waals surface area contributed by atoms with Gasteiger partial charge in [-0.1, -0.05) is 12.1 Å². The summed E-state index contributed by atoms with van der Waals surface area (Å²) in [5, 5.41) is 0. The van der Waals surface area contributed by atoms with Crippen molar-refractivity contribution in [1.82, 2.24) is 9.80 Å². The Kier molecular flexibility index (Phi) is 6.67. The van der Waals surface area contributed by atoms with Gasteiger partial charge in [0.05, 0.1) is 13.0 Å². The molecule has 0 saturated carbocycles. The molecule has 2 fully saturated rings. The predicted octanol–water partition coefficient (Wildman–Crippen LogP) is 1.27. The highest BCUT2D eigenvalue weighted by Crippen LogP contribution is 2.25. The van der Waals surface area contributed by atoms with Crippen molar-refractivity contribution >= 4 is 24.2 Å². The largest absolute Gasteiger partial charge is 0.497 e. The van der Waals surface area contributed by atoms with Gasteiger partial charge in [-0.25, -0.2) is 0 Å². The molecule has 138 valence electrons. The molecule has 0 bridgehead atoms. The van der Waals surface area contributed by atoms with Crippen LogP contribution < -0.4 is 10.5 Å². The highest BCUT2D eigenvalue weighted by Gasteiger charge is 2.38. The van der Waals surface area contributed by atoms with E-state index in [0.29, 0.717) is 32.0 Å². The Morgan fingerprint density at radius 2 is 2.00 bits per heavy atom. The fourth-order valence-corrected chi connectivity index (χ4v) is 3.53. The topological polar surface area (TPSA) is 75.9 Å². The van der Waals surface area contributed by atoms with Gasteiger partial charge in [-0.15, -0.1) is 12.4 Å². The lowest BCUT2D eigenvalue weighted by atomic mass is 10.1. The molecule has 0 aromatic heterocycles. The van der Waals surface area contributed by atoms with Crippen molar-refractivity contribution in [2.75, 3.05) is 33.3 Å². The lowest BCUT2D eigenvalue weighted by Gasteiger charge is -2.21. The summed E-state index contributed by atoms with van der Waals surface area (Å²) in [5.41, 5.74) is 6.73. The molecule has 1 aromatic carbocycles. The smallest absolute Gasteiger partial charge is 0.228 e. The molecule has 2 N–H and O–H groups in total. The summed E-state index contributed by atoms with van der Waals surface area (Å²) in [5.74, 6) is 1.15. The number of likely N-dealkylation sites (tertiary alicyclic amines) is 2. The van der Waals surface area contributed by atoms with E-state index in [-0.39, 0.29) is 30.1 Å². The zero-order chi connectivity index (χ0) is 17.1. The molecule has 2 aliphatic heterocycles. The number of hydrogen-bond donors (Lipinski definition) is 1. The number of carbonyl (C=O) groups is 2. The van der Waals surface area contributed by atoms with Crippen LogP contribution in [0.4, 0.5) is 0 Å². The number of nitrogens with zero attached hydrogens (tertiary/aromatic N) is 2. The Labute approximate surface area is 154 Å². The van der Waals surface area contributed by atoms with E-state index in [4.69, 9.17) is 10.5 Å². The lowest BCUT2D eigenvalue weighted by Crippen LogP contribution is -2.36. The number of rotatable bonds is 5. The lowest BCUT2D eigenvalue weighted by molar-refractivity contribution is -0.135. The highest BCUT2D eigenvalue weighted by atomic mass is 35.5. The van der Waals surface area contributed by atoms with E-state index in [2.05, 4.69) is 0 Å². The Bertz CT molecular complexity index is 608. The van der Waals surface area contributed by atoms with Crippen LogP contribution in [0.1, 0.15) is 18.4 Å². The van der Waals surface area contributed by atoms with Gasteiger partial charge >= 0.3 is 0 Å². The van der Waals surface area contributed by atoms with E-state index >= 15 is 0 Å². The number of hydrogen-bond acceptors (Lipinski definition) is 4. The SMILES string of the molecule is COc1ccc(CN2CC(C(=O)N3CCC(CN)C3)CC2=O)cc1.Cl. The van der Waals surface area contributed by atoms with Gasteiger partial charge in [0.1, 0.15) is 5.75 Å². The van der Waals surface area contributed by atoms with E-state index in [9.17, 15) is 9.59 Å². The molecule has 0 spiro atoms. The number of ether oxygens (including phenoxy) is 1. The third-order valence-electron chi connectivity index (χ3n) is 5.03. The molecule has 2 unspecified atom stereocenters. The van der Waals surface area contributed by atoms with Gasteiger partial charge in [0.25, 0.3) is 0 Å². The monoisotopic (exact) mass is 367 g/mol. The van der Waals surface area contributed by atoms with Gasteiger partial charge in [0, 0.05) is 32.6 Å². The zero-order valence-electron chi connectivity index (χ0n) is 14.5. The van der Waals surface area contributed by atoms with E-state index in [1.165, 1.54) is 0 Å². The molecule has 0 radical (unpaired) electrons. The third kappa shape index (κ3) is 4.44. The van der Waals surface area contributed by atoms with Gasteiger partial charge in [0.15, 0.2) is 0 Å². The first-order valence-electron chi connectivity index (χ1n) is 8.50. The molecule has 2 amide bonds. The average molecular weight is 368 g/mol. The number of amides is 2. The van der Waals surface area contributed by atoms with Crippen LogP contribution in [0.15, 0.2) is 24.3 Å². The van der Waals surface area contributed by atoms with E-state index in [1.54, 1.807) is 12.0 Å². The number of carbonyl (C=O) groups excluding carboxylic acids is 2. The summed E-state index contributed by atoms with van der Waals surface area (Å²) in [6, 6.07) is 7.67. The van der Waals surface area contributed by atoms with Crippen molar-refractivity contribution in [1.29, 1.82) is 0 Å². The number of nitrogens with two attached hydrogens (primary N) is 1. The molecule has 7 heteroatoms. The van der Waals surface area contributed by atoms with E-state index < -0.39 is 0 Å². The summed E-state index contributed by atoms with van der Waals surface area (Å²) in [6.07, 6.45) is 1.29. The minimum atomic E-state index is -0.215. The summed E-state index contributed by atoms with van der Waals surface area (Å²) >= 11 is 0. The maximum Gasteiger partial charge on any atom is 0.228 e. The van der Waals surface area contributed by atoms with Crippen molar-refractivity contribution < 1.29 is 14.3 Å². The third-order valence-corrected chi connectivity index (χ3v) is 5.03. The quantitative estimate of drug-likeness (QED) is 0.850. The van der Waals surface area contributed by atoms with Crippen molar-refractivity contribution in [3.05, 3.63) is 29.8 Å². The molecule has 25 heavy (non-hydrogen) atoms. The second-order valence-corrected chi connectivity index (χ2v) is 6.70. The van der Waals surface area contributed by atoms with Gasteiger partial charge in [-0.3, -0.25) is 9.59 Å². The Hall–Kier alpha value is -1.79. The Morgan fingerprint density at radius 1 is 1.28 bits per heavy atom. The predicted molar refractivity (Wildman–Crippen MR) is 97.5 cm³/mol. The molecule has 6 nitrogen and oxygen atoms in total. The minimum Gasteiger partial charge on any atom is -0.497 e. The fraction of sp³-hybridized carbons (Fsp3) is 0.556. The van der Waals surface area contributed by atoms with Crippen LogP contribution in [-0.2, 0) is 16.1 Å². The fourth-order valence-electron chi connectivity index (χ4n) is 3.53. The van der Waals surface area contributed by atoms with Crippen molar-refractivity contribution in [2.45, 2.75) is 19.4 Å². The highest BCUT2D eigenvalue weighted by molar-refractivity contribution is 5.89. The normalized spacial score (nSPS) is 22.9. The van der Waals surface area contributed by atoms with Crippen LogP contribution >= 0.6 is 12.4 Å². The molecule has 2 saturated heterocycles. The minimum absolute atomic E-state index is 0. The first kappa shape index (κ1) is 19.5. The molecule has 3 rings (SSSR count). The molecule has 2 aliphatic rings. The van der Waals surface area contributed by atoms with Crippen molar-refractivity contribution in [3.63, 3.8) is 0 Å².